The molecule has 6 fully saturated rings. The van der Waals surface area contributed by atoms with Crippen molar-refractivity contribution < 1.29 is 41.8 Å². The maximum Gasteiger partial charge on any atom is 0.254 e. The highest BCUT2D eigenvalue weighted by Gasteiger charge is 2.39. The van der Waals surface area contributed by atoms with Crippen LogP contribution >= 0.6 is 0 Å². The van der Waals surface area contributed by atoms with Gasteiger partial charge in [0, 0.05) is 164 Å². The standard InChI is InChI=1S/2C29H30FN7O2.C28H28FN7O2/c2*30-19-7-9-37-25(17-32-27(37)14-19)22-4-5-24(28-23(22)16-33-29(28)38)34-26-6-3-20(15-31-26)36-8-1-2-21(18-36)35-10-12-39-13-11-35;29-18-6-10-36-23(15-32-25(36)12-18)20-3-4-22(26-21(20)14-33-27(26)37)34-24-5-2-19(13-31-24)35-9-1-7-28(17-35)16-30-8-11-38-28/h2*3-7,9,14-15,17,21H,1-2,8,10-13,16,18H2,(H,31,34)(H,33,38);2-6,10,12-13,15,30H,1,7-9,11,14,16-17H2,(H,31,34)(H,33,37)/t2*21-;/m10./s1. The fourth-order valence-electron chi connectivity index (χ4n) is 18.0. The quantitative estimate of drug-likeness (QED) is 0.0533. The molecule has 27 nitrogen and oxygen atoms in total. The number of carbonyl (C=O) groups is 3. The number of anilines is 9. The maximum absolute atomic E-state index is 13.7. The van der Waals surface area contributed by atoms with Crippen molar-refractivity contribution in [3.63, 3.8) is 0 Å². The van der Waals surface area contributed by atoms with Gasteiger partial charge < -0.3 is 66.1 Å². The van der Waals surface area contributed by atoms with Gasteiger partial charge >= 0.3 is 0 Å². The van der Waals surface area contributed by atoms with Gasteiger partial charge in [0.15, 0.2) is 0 Å². The second-order valence-corrected chi connectivity index (χ2v) is 30.8. The molecule has 6 saturated heterocycles. The summed E-state index contributed by atoms with van der Waals surface area (Å²) in [6.07, 6.45) is 22.7. The Bertz CT molecular complexity index is 5450. The molecule has 1 spiro atoms. The van der Waals surface area contributed by atoms with E-state index < -0.39 is 0 Å². The van der Waals surface area contributed by atoms with Crippen LogP contribution in [-0.4, -0.2) is 200 Å². The molecule has 1 unspecified atom stereocenters. The predicted molar refractivity (Wildman–Crippen MR) is 436 cm³/mol. The SMILES string of the molecule is O=C1NCc2c(-c3cnc4cc(F)ccn34)ccc(Nc3ccc(N4CCCC5(CNCCO5)C4)cn3)c21.O=C1NCc2c(-c3cnc4cc(F)ccn34)ccc(Nc3ccc(N4CCC[C@@H](N5CCOCC5)C4)cn3)c21.O=C1NCc2c(-c3cnc4cc(F)ccn34)ccc(Nc3ccc(N4CCC[C@H](N5CCOCC5)C4)cn3)c21. The van der Waals surface area contributed by atoms with Gasteiger partial charge in [0.1, 0.15) is 51.8 Å². The van der Waals surface area contributed by atoms with E-state index in [2.05, 4.69) is 99.9 Å². The van der Waals surface area contributed by atoms with Crippen molar-refractivity contribution in [2.75, 3.05) is 142 Å². The number of nitrogens with zero attached hydrogens (tertiary/aromatic N) is 14. The summed E-state index contributed by atoms with van der Waals surface area (Å²) in [5.74, 6) is 0.613. The molecule has 0 radical (unpaired) electrons. The largest absolute Gasteiger partial charge is 0.379 e. The van der Waals surface area contributed by atoms with Crippen LogP contribution in [0.25, 0.3) is 50.7 Å². The zero-order valence-electron chi connectivity index (χ0n) is 64.0. The summed E-state index contributed by atoms with van der Waals surface area (Å²) in [5.41, 5.74) is 16.3. The van der Waals surface area contributed by atoms with Crippen molar-refractivity contribution in [2.45, 2.75) is 75.8 Å². The first-order valence-electron chi connectivity index (χ1n) is 40.0. The molecule has 3 atom stereocenters. The average molecular weight is 1570 g/mol. The Morgan fingerprint density at radius 1 is 0.422 bits per heavy atom. The molecule has 116 heavy (non-hydrogen) atoms. The molecule has 3 aromatic carbocycles. The third-order valence-corrected chi connectivity index (χ3v) is 23.9. The number of benzene rings is 3. The lowest BCUT2D eigenvalue weighted by molar-refractivity contribution is -0.0725. The van der Waals surface area contributed by atoms with Crippen molar-refractivity contribution in [3.8, 4) is 33.8 Å². The Morgan fingerprint density at radius 3 is 1.18 bits per heavy atom. The van der Waals surface area contributed by atoms with E-state index in [1.807, 2.05) is 86.4 Å². The lowest BCUT2D eigenvalue weighted by Crippen LogP contribution is -2.58. The molecular weight excluding hydrogens is 1480 g/mol. The van der Waals surface area contributed by atoms with Gasteiger partial charge in [-0.2, -0.15) is 0 Å². The molecule has 0 aliphatic carbocycles. The molecule has 9 aromatic heterocycles. The van der Waals surface area contributed by atoms with Gasteiger partial charge in [-0.15, -0.1) is 0 Å². The molecule has 0 saturated carbocycles. The van der Waals surface area contributed by atoms with E-state index in [-0.39, 0.29) is 40.8 Å². The fourth-order valence-corrected chi connectivity index (χ4v) is 18.0. The third kappa shape index (κ3) is 14.9. The number of hydrogen-bond donors (Lipinski definition) is 7. The van der Waals surface area contributed by atoms with Crippen LogP contribution < -0.4 is 51.9 Å². The van der Waals surface area contributed by atoms with E-state index in [0.717, 1.165) is 205 Å². The van der Waals surface area contributed by atoms with E-state index in [1.165, 1.54) is 49.2 Å². The minimum atomic E-state index is -0.339. The smallest absolute Gasteiger partial charge is 0.254 e. The number of nitrogens with one attached hydrogen (secondary N) is 7. The number of pyridine rings is 6. The van der Waals surface area contributed by atoms with Gasteiger partial charge in [-0.25, -0.2) is 43.1 Å². The fraction of sp³-hybridized carbons (Fsp3) is 0.337. The van der Waals surface area contributed by atoms with E-state index in [0.29, 0.717) is 99.9 Å². The molecule has 9 aliphatic rings. The summed E-state index contributed by atoms with van der Waals surface area (Å²) >= 11 is 0. The maximum atomic E-state index is 13.7. The molecule has 18 heterocycles. The van der Waals surface area contributed by atoms with Gasteiger partial charge in [0.25, 0.3) is 17.7 Å². The minimum absolute atomic E-state index is 0.127. The monoisotopic (exact) mass is 1570 g/mol. The van der Waals surface area contributed by atoms with Gasteiger partial charge in [0.2, 0.25) is 0 Å². The molecular formula is C86H88F3N21O6. The van der Waals surface area contributed by atoms with Crippen LogP contribution in [0.2, 0.25) is 0 Å². The number of piperidine rings is 3. The second kappa shape index (κ2) is 32.0. The van der Waals surface area contributed by atoms with E-state index >= 15 is 0 Å². The molecule has 594 valence electrons. The number of fused-ring (bicyclic) bond motifs is 6. The van der Waals surface area contributed by atoms with Crippen molar-refractivity contribution in [1.29, 1.82) is 0 Å². The summed E-state index contributed by atoms with van der Waals surface area (Å²) in [6, 6.07) is 33.2. The van der Waals surface area contributed by atoms with E-state index in [9.17, 15) is 27.6 Å². The molecule has 7 N–H and O–H groups in total. The van der Waals surface area contributed by atoms with Crippen LogP contribution in [0.1, 0.15) is 86.3 Å². The summed E-state index contributed by atoms with van der Waals surface area (Å²) in [6.45, 7) is 17.0. The second-order valence-electron chi connectivity index (χ2n) is 30.8. The number of hydrogen-bond acceptors (Lipinski definition) is 21. The molecule has 0 bridgehead atoms. The Hall–Kier alpha value is -12.1. The summed E-state index contributed by atoms with van der Waals surface area (Å²) in [4.78, 5) is 78.0. The number of rotatable bonds is 14. The van der Waals surface area contributed by atoms with Crippen molar-refractivity contribution in [3.05, 3.63) is 216 Å². The molecule has 12 aromatic rings. The molecule has 9 aliphatic heterocycles. The Balaban J connectivity index is 0.000000116. The zero-order chi connectivity index (χ0) is 78.4. The highest BCUT2D eigenvalue weighted by atomic mass is 19.1. The van der Waals surface area contributed by atoms with Crippen LogP contribution in [0, 0.1) is 17.5 Å². The van der Waals surface area contributed by atoms with Gasteiger partial charge in [-0.3, -0.25) is 37.4 Å². The number of imidazole rings is 3. The van der Waals surface area contributed by atoms with Gasteiger partial charge in [0.05, 0.1) is 144 Å². The van der Waals surface area contributed by atoms with Crippen LogP contribution in [0.15, 0.2) is 165 Å². The highest BCUT2D eigenvalue weighted by molar-refractivity contribution is 6.08. The average Bonchev–Trinajstić information content (AvgIpc) is 1.62. The first-order chi connectivity index (χ1) is 56.9. The third-order valence-electron chi connectivity index (χ3n) is 23.9. The number of amides is 3. The van der Waals surface area contributed by atoms with Crippen LogP contribution in [-0.2, 0) is 33.8 Å². The zero-order valence-corrected chi connectivity index (χ0v) is 64.0. The van der Waals surface area contributed by atoms with Crippen molar-refractivity contribution >= 4 is 86.2 Å². The molecule has 3 amide bonds. The normalized spacial score (nSPS) is 20.2. The summed E-state index contributed by atoms with van der Waals surface area (Å²) < 4.78 is 63.7. The Labute approximate surface area is 666 Å². The highest BCUT2D eigenvalue weighted by Crippen LogP contribution is 2.41. The molecule has 21 rings (SSSR count). The predicted octanol–water partition coefficient (Wildman–Crippen LogP) is 11.1. The Morgan fingerprint density at radius 2 is 0.810 bits per heavy atom. The van der Waals surface area contributed by atoms with Crippen LogP contribution in [0.5, 0.6) is 0 Å². The van der Waals surface area contributed by atoms with Gasteiger partial charge in [-0.1, -0.05) is 18.2 Å². The van der Waals surface area contributed by atoms with Crippen LogP contribution in [0.4, 0.5) is 64.7 Å². The lowest BCUT2D eigenvalue weighted by atomic mass is 9.91. The molecule has 30 heteroatoms. The topological polar surface area (TPSA) is 270 Å². The number of carbonyl (C=O) groups excluding carboxylic acids is 3. The first-order valence-corrected chi connectivity index (χ1v) is 40.0. The van der Waals surface area contributed by atoms with E-state index in [1.54, 1.807) is 37.2 Å². The van der Waals surface area contributed by atoms with Gasteiger partial charge in [-0.05, 0) is 128 Å². The lowest BCUT2D eigenvalue weighted by Gasteiger charge is -2.45. The minimum Gasteiger partial charge on any atom is -0.379 e. The number of aromatic nitrogens is 9. The number of morpholine rings is 3. The summed E-state index contributed by atoms with van der Waals surface area (Å²) in [5, 5.41) is 22.4. The van der Waals surface area contributed by atoms with Crippen molar-refractivity contribution in [2.24, 2.45) is 0 Å². The number of ether oxygens (including phenoxy) is 3. The Kier molecular flexibility index (Phi) is 20.4. The van der Waals surface area contributed by atoms with Crippen molar-refractivity contribution in [1.82, 2.24) is 74.2 Å². The van der Waals surface area contributed by atoms with E-state index in [4.69, 9.17) is 24.2 Å². The summed E-state index contributed by atoms with van der Waals surface area (Å²) in [7, 11) is 0. The van der Waals surface area contributed by atoms with Crippen LogP contribution in [0.3, 0.4) is 0 Å². The number of halogens is 3. The first kappa shape index (κ1) is 74.1.